The van der Waals surface area contributed by atoms with Crippen LogP contribution in [0.3, 0.4) is 0 Å². The lowest BCUT2D eigenvalue weighted by molar-refractivity contribution is 0.0502. The molecule has 0 radical (unpaired) electrons. The second kappa shape index (κ2) is 8.89. The molecular formula is C20H23NO2. The molecule has 0 saturated heterocycles. The highest BCUT2D eigenvalue weighted by Crippen LogP contribution is 2.15. The molecule has 0 atom stereocenters. The third-order valence-electron chi connectivity index (χ3n) is 3.52. The minimum atomic E-state index is -0.264. The Morgan fingerprint density at radius 2 is 1.78 bits per heavy atom. The minimum Gasteiger partial charge on any atom is -0.462 e. The molecule has 0 bridgehead atoms. The molecule has 0 unspecified atom stereocenters. The maximum atomic E-state index is 11.9. The standard InChI is InChI=1S/C20H23NO2/c1-16(2)17-10-12-18(13-11-17)20(22)23-15-7-6-14-21-19-8-4-3-5-9-19/h3-5,8-14,16H,6-7,15H2,1-2H3. The normalized spacial score (nSPS) is 11.1. The smallest absolute Gasteiger partial charge is 0.338 e. The largest absolute Gasteiger partial charge is 0.462 e. The van der Waals surface area contributed by atoms with Gasteiger partial charge in [0.2, 0.25) is 0 Å². The topological polar surface area (TPSA) is 38.7 Å². The number of nitrogens with zero attached hydrogens (tertiary/aromatic N) is 1. The number of ether oxygens (including phenoxy) is 1. The molecule has 0 aliphatic heterocycles. The van der Waals surface area contributed by atoms with Gasteiger partial charge in [0.15, 0.2) is 0 Å². The van der Waals surface area contributed by atoms with Gasteiger partial charge < -0.3 is 4.74 Å². The summed E-state index contributed by atoms with van der Waals surface area (Å²) in [6.07, 6.45) is 3.42. The van der Waals surface area contributed by atoms with Crippen molar-refractivity contribution in [3.8, 4) is 0 Å². The number of esters is 1. The van der Waals surface area contributed by atoms with Gasteiger partial charge in [0.1, 0.15) is 0 Å². The zero-order chi connectivity index (χ0) is 16.5. The van der Waals surface area contributed by atoms with Crippen molar-refractivity contribution < 1.29 is 9.53 Å². The summed E-state index contributed by atoms with van der Waals surface area (Å²) in [6.45, 7) is 4.67. The Hall–Kier alpha value is -2.42. The van der Waals surface area contributed by atoms with Crippen LogP contribution in [0.25, 0.3) is 0 Å². The molecule has 2 aromatic carbocycles. The van der Waals surface area contributed by atoms with Crippen molar-refractivity contribution in [1.29, 1.82) is 0 Å². The van der Waals surface area contributed by atoms with E-state index in [0.29, 0.717) is 18.1 Å². The first-order chi connectivity index (χ1) is 11.2. The van der Waals surface area contributed by atoms with E-state index in [1.54, 1.807) is 0 Å². The van der Waals surface area contributed by atoms with E-state index in [1.165, 1.54) is 5.56 Å². The van der Waals surface area contributed by atoms with Crippen molar-refractivity contribution in [2.45, 2.75) is 32.6 Å². The highest BCUT2D eigenvalue weighted by atomic mass is 16.5. The zero-order valence-electron chi connectivity index (χ0n) is 13.7. The van der Waals surface area contributed by atoms with E-state index in [9.17, 15) is 4.79 Å². The van der Waals surface area contributed by atoms with Crippen molar-refractivity contribution in [2.24, 2.45) is 4.99 Å². The van der Waals surface area contributed by atoms with Gasteiger partial charge in [-0.3, -0.25) is 4.99 Å². The van der Waals surface area contributed by atoms with E-state index in [0.717, 1.165) is 18.5 Å². The molecule has 2 rings (SSSR count). The van der Waals surface area contributed by atoms with Gasteiger partial charge in [-0.15, -0.1) is 0 Å². The van der Waals surface area contributed by atoms with Gasteiger partial charge in [-0.25, -0.2) is 4.79 Å². The van der Waals surface area contributed by atoms with Crippen molar-refractivity contribution in [1.82, 2.24) is 0 Å². The van der Waals surface area contributed by atoms with Crippen LogP contribution < -0.4 is 0 Å². The van der Waals surface area contributed by atoms with Gasteiger partial charge in [-0.05, 0) is 48.6 Å². The van der Waals surface area contributed by atoms with Gasteiger partial charge in [0, 0.05) is 6.21 Å². The predicted molar refractivity (Wildman–Crippen MR) is 94.6 cm³/mol. The summed E-state index contributed by atoms with van der Waals surface area (Å²) in [5.74, 6) is 0.198. The second-order valence-electron chi connectivity index (χ2n) is 5.70. The Balaban J connectivity index is 1.69. The first-order valence-corrected chi connectivity index (χ1v) is 8.01. The molecular weight excluding hydrogens is 286 g/mol. The second-order valence-corrected chi connectivity index (χ2v) is 5.70. The molecule has 3 heteroatoms. The number of benzene rings is 2. The molecule has 2 aromatic rings. The van der Waals surface area contributed by atoms with Crippen LogP contribution in [0, 0.1) is 0 Å². The maximum Gasteiger partial charge on any atom is 0.338 e. The van der Waals surface area contributed by atoms with Crippen molar-refractivity contribution >= 4 is 17.9 Å². The summed E-state index contributed by atoms with van der Waals surface area (Å²) in [6, 6.07) is 17.4. The monoisotopic (exact) mass is 309 g/mol. The Morgan fingerprint density at radius 3 is 2.43 bits per heavy atom. The first kappa shape index (κ1) is 16.9. The van der Waals surface area contributed by atoms with Crippen LogP contribution in [0.2, 0.25) is 0 Å². The highest BCUT2D eigenvalue weighted by Gasteiger charge is 2.07. The zero-order valence-corrected chi connectivity index (χ0v) is 13.7. The van der Waals surface area contributed by atoms with E-state index in [1.807, 2.05) is 60.8 Å². The van der Waals surface area contributed by atoms with E-state index in [4.69, 9.17) is 4.74 Å². The SMILES string of the molecule is CC(C)c1ccc(C(=O)OCCCC=Nc2ccccc2)cc1. The number of carbonyl (C=O) groups excluding carboxylic acids is 1. The lowest BCUT2D eigenvalue weighted by Gasteiger charge is -2.07. The molecule has 0 spiro atoms. The van der Waals surface area contributed by atoms with Crippen LogP contribution in [0.1, 0.15) is 48.5 Å². The summed E-state index contributed by atoms with van der Waals surface area (Å²) in [5.41, 5.74) is 2.76. The Labute approximate surface area is 138 Å². The molecule has 23 heavy (non-hydrogen) atoms. The maximum absolute atomic E-state index is 11.9. The van der Waals surface area contributed by atoms with Crippen LogP contribution in [0.15, 0.2) is 59.6 Å². The molecule has 0 aliphatic carbocycles. The molecule has 3 nitrogen and oxygen atoms in total. The lowest BCUT2D eigenvalue weighted by Crippen LogP contribution is -2.06. The molecule has 0 aromatic heterocycles. The van der Waals surface area contributed by atoms with E-state index >= 15 is 0 Å². The third kappa shape index (κ3) is 5.70. The quantitative estimate of drug-likeness (QED) is 0.403. The van der Waals surface area contributed by atoms with Gasteiger partial charge in [-0.1, -0.05) is 44.2 Å². The molecule has 120 valence electrons. The molecule has 0 fully saturated rings. The van der Waals surface area contributed by atoms with Crippen LogP contribution in [0.4, 0.5) is 5.69 Å². The van der Waals surface area contributed by atoms with Crippen molar-refractivity contribution in [3.05, 3.63) is 65.7 Å². The number of aliphatic imine (C=N–C) groups is 1. The van der Waals surface area contributed by atoms with Crippen LogP contribution in [-0.4, -0.2) is 18.8 Å². The number of hydrogen-bond acceptors (Lipinski definition) is 3. The number of carbonyl (C=O) groups is 1. The van der Waals surface area contributed by atoms with Crippen LogP contribution >= 0.6 is 0 Å². The van der Waals surface area contributed by atoms with E-state index in [2.05, 4.69) is 18.8 Å². The van der Waals surface area contributed by atoms with Gasteiger partial charge in [-0.2, -0.15) is 0 Å². The number of unbranched alkanes of at least 4 members (excludes halogenated alkanes) is 1. The summed E-state index contributed by atoms with van der Waals surface area (Å²) >= 11 is 0. The first-order valence-electron chi connectivity index (χ1n) is 8.01. The molecule has 0 aliphatic rings. The fourth-order valence-corrected chi connectivity index (χ4v) is 2.11. The molecule has 0 N–H and O–H groups in total. The van der Waals surface area contributed by atoms with Crippen LogP contribution in [-0.2, 0) is 4.74 Å². The molecule has 0 heterocycles. The van der Waals surface area contributed by atoms with E-state index in [-0.39, 0.29) is 5.97 Å². The summed E-state index contributed by atoms with van der Waals surface area (Å²) < 4.78 is 5.28. The Morgan fingerprint density at radius 1 is 1.09 bits per heavy atom. The predicted octanol–water partition coefficient (Wildman–Crippen LogP) is 5.15. The lowest BCUT2D eigenvalue weighted by atomic mass is 10.0. The van der Waals surface area contributed by atoms with Gasteiger partial charge >= 0.3 is 5.97 Å². The van der Waals surface area contributed by atoms with Crippen molar-refractivity contribution in [3.63, 3.8) is 0 Å². The number of hydrogen-bond donors (Lipinski definition) is 0. The summed E-state index contributed by atoms with van der Waals surface area (Å²) in [4.78, 5) is 16.3. The molecule has 0 amide bonds. The third-order valence-corrected chi connectivity index (χ3v) is 3.52. The van der Waals surface area contributed by atoms with Crippen molar-refractivity contribution in [2.75, 3.05) is 6.61 Å². The summed E-state index contributed by atoms with van der Waals surface area (Å²) in [5, 5.41) is 0. The Bertz CT molecular complexity index is 630. The van der Waals surface area contributed by atoms with E-state index < -0.39 is 0 Å². The minimum absolute atomic E-state index is 0.264. The highest BCUT2D eigenvalue weighted by molar-refractivity contribution is 5.89. The fraction of sp³-hybridized carbons (Fsp3) is 0.300. The fourth-order valence-electron chi connectivity index (χ4n) is 2.11. The van der Waals surface area contributed by atoms with Gasteiger partial charge in [0.05, 0.1) is 17.9 Å². The van der Waals surface area contributed by atoms with Crippen LogP contribution in [0.5, 0.6) is 0 Å². The molecule has 0 saturated carbocycles. The average Bonchev–Trinajstić information content (AvgIpc) is 2.58. The Kier molecular flexibility index (Phi) is 6.55. The number of rotatable bonds is 7. The summed E-state index contributed by atoms with van der Waals surface area (Å²) in [7, 11) is 0. The van der Waals surface area contributed by atoms with Gasteiger partial charge in [0.25, 0.3) is 0 Å². The average molecular weight is 309 g/mol. The number of para-hydroxylation sites is 1.